The van der Waals surface area contributed by atoms with E-state index in [9.17, 15) is 4.91 Å². The second kappa shape index (κ2) is 5.96. The van der Waals surface area contributed by atoms with E-state index in [-0.39, 0.29) is 0 Å². The zero-order chi connectivity index (χ0) is 13.0. The molecule has 18 heavy (non-hydrogen) atoms. The van der Waals surface area contributed by atoms with Crippen LogP contribution in [0.2, 0.25) is 0 Å². The number of hydrogen-bond acceptors (Lipinski definition) is 4. The normalized spacial score (nSPS) is 16.6. The van der Waals surface area contributed by atoms with Crippen LogP contribution in [0, 0.1) is 24.7 Å². The maximum atomic E-state index is 10.9. The van der Waals surface area contributed by atoms with Gasteiger partial charge in [0, 0.05) is 13.2 Å². The minimum Gasteiger partial charge on any atom is -0.491 e. The van der Waals surface area contributed by atoms with Crippen molar-refractivity contribution in [2.24, 2.45) is 11.1 Å². The van der Waals surface area contributed by atoms with Crippen LogP contribution in [0.5, 0.6) is 5.75 Å². The summed E-state index contributed by atoms with van der Waals surface area (Å²) >= 11 is 0. The first-order valence-electron chi connectivity index (χ1n) is 6.36. The fourth-order valence-corrected chi connectivity index (χ4v) is 2.18. The topological polar surface area (TPSA) is 47.9 Å². The highest BCUT2D eigenvalue weighted by Crippen LogP contribution is 2.35. The van der Waals surface area contributed by atoms with Gasteiger partial charge in [-0.2, -0.15) is 0 Å². The molecule has 0 N–H and O–H groups in total. The average Bonchev–Trinajstić information content (AvgIpc) is 2.41. The molecule has 0 bridgehead atoms. The Labute approximate surface area is 107 Å². The summed E-state index contributed by atoms with van der Waals surface area (Å²) in [4.78, 5) is 10.9. The van der Waals surface area contributed by atoms with Crippen molar-refractivity contribution >= 4 is 5.69 Å². The van der Waals surface area contributed by atoms with Gasteiger partial charge in [-0.05, 0) is 48.9 Å². The molecule has 0 aromatic heterocycles. The Kier molecular flexibility index (Phi) is 4.31. The largest absolute Gasteiger partial charge is 0.491 e. The van der Waals surface area contributed by atoms with Crippen LogP contribution < -0.4 is 4.74 Å². The SMILES string of the molecule is Cc1ccc(C)c(OCC2CCOCC2)c1N=O. The van der Waals surface area contributed by atoms with Gasteiger partial charge in [-0.1, -0.05) is 12.1 Å². The quantitative estimate of drug-likeness (QED) is 0.767. The van der Waals surface area contributed by atoms with Gasteiger partial charge in [0.05, 0.1) is 6.61 Å². The number of benzene rings is 1. The van der Waals surface area contributed by atoms with Crippen molar-refractivity contribution in [3.8, 4) is 5.75 Å². The number of aryl methyl sites for hydroxylation is 2. The molecule has 0 saturated carbocycles. The van der Waals surface area contributed by atoms with Crippen molar-refractivity contribution in [1.82, 2.24) is 0 Å². The first-order chi connectivity index (χ1) is 8.72. The van der Waals surface area contributed by atoms with Crippen LogP contribution in [-0.2, 0) is 4.74 Å². The number of rotatable bonds is 4. The molecule has 0 atom stereocenters. The van der Waals surface area contributed by atoms with Gasteiger partial charge in [0.15, 0.2) is 11.4 Å². The van der Waals surface area contributed by atoms with Crippen molar-refractivity contribution < 1.29 is 9.47 Å². The molecule has 1 saturated heterocycles. The average molecular weight is 249 g/mol. The van der Waals surface area contributed by atoms with Crippen molar-refractivity contribution in [3.05, 3.63) is 28.2 Å². The lowest BCUT2D eigenvalue weighted by molar-refractivity contribution is 0.0497. The molecule has 1 heterocycles. The van der Waals surface area contributed by atoms with Gasteiger partial charge < -0.3 is 9.47 Å². The minimum absolute atomic E-state index is 0.432. The molecule has 1 aliphatic rings. The zero-order valence-corrected chi connectivity index (χ0v) is 10.9. The molecular weight excluding hydrogens is 230 g/mol. The van der Waals surface area contributed by atoms with Crippen molar-refractivity contribution in [2.75, 3.05) is 19.8 Å². The first kappa shape index (κ1) is 13.0. The lowest BCUT2D eigenvalue weighted by atomic mass is 10.0. The smallest absolute Gasteiger partial charge is 0.153 e. The van der Waals surface area contributed by atoms with Gasteiger partial charge in [0.2, 0.25) is 0 Å². The monoisotopic (exact) mass is 249 g/mol. The summed E-state index contributed by atoms with van der Waals surface area (Å²) in [6.45, 7) is 6.06. The Morgan fingerprint density at radius 3 is 2.61 bits per heavy atom. The Hall–Kier alpha value is -1.42. The number of ether oxygens (including phenoxy) is 2. The molecule has 4 heteroatoms. The van der Waals surface area contributed by atoms with Crippen molar-refractivity contribution in [3.63, 3.8) is 0 Å². The summed E-state index contributed by atoms with van der Waals surface area (Å²) in [5.41, 5.74) is 2.25. The summed E-state index contributed by atoms with van der Waals surface area (Å²) in [5.74, 6) is 1.15. The maximum Gasteiger partial charge on any atom is 0.153 e. The van der Waals surface area contributed by atoms with Gasteiger partial charge in [-0.25, -0.2) is 0 Å². The van der Waals surface area contributed by atoms with E-state index in [0.717, 1.165) is 37.2 Å². The molecule has 0 unspecified atom stereocenters. The van der Waals surface area contributed by atoms with E-state index in [0.29, 0.717) is 24.0 Å². The van der Waals surface area contributed by atoms with Crippen LogP contribution in [0.15, 0.2) is 17.3 Å². The fraction of sp³-hybridized carbons (Fsp3) is 0.571. The number of hydrogen-bond donors (Lipinski definition) is 0. The molecule has 0 radical (unpaired) electrons. The molecular formula is C14H19NO3. The van der Waals surface area contributed by atoms with E-state index >= 15 is 0 Å². The standard InChI is InChI=1S/C14H19NO3/c1-10-3-4-11(2)14(13(10)15-16)18-9-12-5-7-17-8-6-12/h3-4,12H,5-9H2,1-2H3. The van der Waals surface area contributed by atoms with E-state index in [1.54, 1.807) is 0 Å². The van der Waals surface area contributed by atoms with Crippen LogP contribution in [0.1, 0.15) is 24.0 Å². The van der Waals surface area contributed by atoms with Gasteiger partial charge in [0.1, 0.15) is 0 Å². The Morgan fingerprint density at radius 1 is 1.28 bits per heavy atom. The van der Waals surface area contributed by atoms with Gasteiger partial charge in [0.25, 0.3) is 0 Å². The Bertz CT molecular complexity index is 425. The Morgan fingerprint density at radius 2 is 1.94 bits per heavy atom. The highest BCUT2D eigenvalue weighted by Gasteiger charge is 2.17. The van der Waals surface area contributed by atoms with Gasteiger partial charge >= 0.3 is 0 Å². The molecule has 98 valence electrons. The first-order valence-corrected chi connectivity index (χ1v) is 6.36. The Balaban J connectivity index is 2.08. The molecule has 0 amide bonds. The molecule has 0 spiro atoms. The predicted molar refractivity (Wildman–Crippen MR) is 70.4 cm³/mol. The number of nitroso groups, excluding NO2 is 1. The molecule has 1 fully saturated rings. The highest BCUT2D eigenvalue weighted by molar-refractivity contribution is 5.60. The molecule has 1 aromatic rings. The second-order valence-corrected chi connectivity index (χ2v) is 4.84. The van der Waals surface area contributed by atoms with E-state index in [4.69, 9.17) is 9.47 Å². The second-order valence-electron chi connectivity index (χ2n) is 4.84. The molecule has 2 rings (SSSR count). The third kappa shape index (κ3) is 2.88. The lowest BCUT2D eigenvalue weighted by Crippen LogP contribution is -2.21. The highest BCUT2D eigenvalue weighted by atomic mass is 16.5. The third-order valence-corrected chi connectivity index (χ3v) is 3.43. The van der Waals surface area contributed by atoms with E-state index in [1.165, 1.54) is 0 Å². The summed E-state index contributed by atoms with van der Waals surface area (Å²) in [6, 6.07) is 3.86. The fourth-order valence-electron chi connectivity index (χ4n) is 2.18. The van der Waals surface area contributed by atoms with Crippen LogP contribution >= 0.6 is 0 Å². The van der Waals surface area contributed by atoms with E-state index in [1.807, 2.05) is 26.0 Å². The molecule has 1 aliphatic heterocycles. The minimum atomic E-state index is 0.432. The maximum absolute atomic E-state index is 10.9. The van der Waals surface area contributed by atoms with E-state index < -0.39 is 0 Å². The van der Waals surface area contributed by atoms with Gasteiger partial charge in [-0.3, -0.25) is 0 Å². The van der Waals surface area contributed by atoms with Crippen LogP contribution in [-0.4, -0.2) is 19.8 Å². The van der Waals surface area contributed by atoms with Gasteiger partial charge in [-0.15, -0.1) is 4.91 Å². The molecule has 4 nitrogen and oxygen atoms in total. The van der Waals surface area contributed by atoms with Crippen LogP contribution in [0.3, 0.4) is 0 Å². The van der Waals surface area contributed by atoms with Crippen LogP contribution in [0.25, 0.3) is 0 Å². The summed E-state index contributed by atoms with van der Waals surface area (Å²) < 4.78 is 11.1. The van der Waals surface area contributed by atoms with Crippen molar-refractivity contribution in [1.29, 1.82) is 0 Å². The van der Waals surface area contributed by atoms with E-state index in [2.05, 4.69) is 5.18 Å². The predicted octanol–water partition coefficient (Wildman–Crippen LogP) is 3.51. The zero-order valence-electron chi connectivity index (χ0n) is 10.9. The summed E-state index contributed by atoms with van der Waals surface area (Å²) in [6.07, 6.45) is 2.05. The molecule has 1 aromatic carbocycles. The van der Waals surface area contributed by atoms with Crippen LogP contribution in [0.4, 0.5) is 5.69 Å². The molecule has 0 aliphatic carbocycles. The summed E-state index contributed by atoms with van der Waals surface area (Å²) in [7, 11) is 0. The summed E-state index contributed by atoms with van der Waals surface area (Å²) in [5, 5.41) is 3.09. The van der Waals surface area contributed by atoms with Crippen molar-refractivity contribution in [2.45, 2.75) is 26.7 Å². The third-order valence-electron chi connectivity index (χ3n) is 3.43. The number of nitrogens with zero attached hydrogens (tertiary/aromatic N) is 1. The lowest BCUT2D eigenvalue weighted by Gasteiger charge is -2.23.